The summed E-state index contributed by atoms with van der Waals surface area (Å²) in [6, 6.07) is 8.47. The molecule has 0 aliphatic rings. The Morgan fingerprint density at radius 3 is 2.64 bits per heavy atom. The molecule has 3 N–H and O–H groups in total. The van der Waals surface area contributed by atoms with E-state index in [-0.39, 0.29) is 12.0 Å². The van der Waals surface area contributed by atoms with Crippen LogP contribution in [0.5, 0.6) is 0 Å². The van der Waals surface area contributed by atoms with E-state index in [2.05, 4.69) is 60.6 Å². The predicted octanol–water partition coefficient (Wildman–Crippen LogP) is 3.27. The van der Waals surface area contributed by atoms with Crippen LogP contribution in [0.1, 0.15) is 37.8 Å². The number of nitrogens with zero attached hydrogens (tertiary/aromatic N) is 1. The average molecular weight is 301 g/mol. The van der Waals surface area contributed by atoms with Gasteiger partial charge in [0.25, 0.3) is 0 Å². The van der Waals surface area contributed by atoms with Gasteiger partial charge in [-0.15, -0.1) is 0 Å². The summed E-state index contributed by atoms with van der Waals surface area (Å²) in [7, 11) is 0. The lowest BCUT2D eigenvalue weighted by Crippen LogP contribution is -2.21. The normalized spacial score (nSPS) is 11.8. The zero-order chi connectivity index (χ0) is 16.0. The summed E-state index contributed by atoms with van der Waals surface area (Å²) < 4.78 is 0. The van der Waals surface area contributed by atoms with Gasteiger partial charge in [-0.3, -0.25) is 5.10 Å². The van der Waals surface area contributed by atoms with E-state index in [0.717, 1.165) is 31.6 Å². The van der Waals surface area contributed by atoms with Crippen molar-refractivity contribution in [2.75, 3.05) is 13.2 Å². The number of aromatic nitrogens is 2. The van der Waals surface area contributed by atoms with Crippen molar-refractivity contribution < 1.29 is 5.11 Å². The van der Waals surface area contributed by atoms with Gasteiger partial charge in [0, 0.05) is 18.7 Å². The van der Waals surface area contributed by atoms with E-state index in [0.29, 0.717) is 0 Å². The first-order valence-corrected chi connectivity index (χ1v) is 7.93. The smallest absolute Gasteiger partial charge is 0.0695 e. The summed E-state index contributed by atoms with van der Waals surface area (Å²) in [6.45, 7) is 8.28. The Labute approximate surface area is 133 Å². The minimum absolute atomic E-state index is 0.0182. The molecule has 4 heteroatoms. The lowest BCUT2D eigenvalue weighted by molar-refractivity contribution is 0.148. The largest absolute Gasteiger partial charge is 0.396 e. The lowest BCUT2D eigenvalue weighted by atomic mass is 9.89. The number of rotatable bonds is 8. The Morgan fingerprint density at radius 2 is 1.95 bits per heavy atom. The first kappa shape index (κ1) is 16.7. The molecular weight excluding hydrogens is 274 g/mol. The van der Waals surface area contributed by atoms with Crippen LogP contribution in [0.25, 0.3) is 11.3 Å². The molecule has 0 saturated heterocycles. The van der Waals surface area contributed by atoms with Crippen LogP contribution in [0.3, 0.4) is 0 Å². The third-order valence-electron chi connectivity index (χ3n) is 4.01. The highest BCUT2D eigenvalue weighted by atomic mass is 16.3. The molecule has 0 atom stereocenters. The van der Waals surface area contributed by atoms with Gasteiger partial charge in [-0.05, 0) is 37.3 Å². The maximum atomic E-state index is 9.25. The van der Waals surface area contributed by atoms with E-state index >= 15 is 0 Å². The maximum absolute atomic E-state index is 9.25. The molecular formula is C18H27N3O. The number of hydrogen-bond acceptors (Lipinski definition) is 3. The molecule has 0 bridgehead atoms. The minimum atomic E-state index is 0.0182. The molecule has 2 aromatic rings. The van der Waals surface area contributed by atoms with Crippen LogP contribution in [0.4, 0.5) is 0 Å². The van der Waals surface area contributed by atoms with Gasteiger partial charge >= 0.3 is 0 Å². The van der Waals surface area contributed by atoms with Gasteiger partial charge in [0.05, 0.1) is 11.9 Å². The van der Waals surface area contributed by atoms with Crippen LogP contribution in [-0.4, -0.2) is 28.5 Å². The second-order valence-electron chi connectivity index (χ2n) is 6.74. The minimum Gasteiger partial charge on any atom is -0.396 e. The van der Waals surface area contributed by atoms with E-state index in [1.165, 1.54) is 16.7 Å². The number of aliphatic hydroxyl groups is 1. The van der Waals surface area contributed by atoms with Crippen molar-refractivity contribution in [3.8, 4) is 11.3 Å². The molecule has 0 radical (unpaired) electrons. The summed E-state index contributed by atoms with van der Waals surface area (Å²) in [4.78, 5) is 0. The maximum Gasteiger partial charge on any atom is 0.0695 e. The molecule has 2 rings (SSSR count). The summed E-state index contributed by atoms with van der Waals surface area (Å²) in [5.41, 5.74) is 4.72. The van der Waals surface area contributed by atoms with E-state index in [9.17, 15) is 5.11 Å². The van der Waals surface area contributed by atoms with Gasteiger partial charge in [0.15, 0.2) is 0 Å². The molecule has 0 spiro atoms. The van der Waals surface area contributed by atoms with Crippen molar-refractivity contribution in [2.45, 2.75) is 40.2 Å². The van der Waals surface area contributed by atoms with Crippen molar-refractivity contribution in [3.05, 3.63) is 41.6 Å². The number of hydrogen-bond donors (Lipinski definition) is 3. The Bertz CT molecular complexity index is 572. The van der Waals surface area contributed by atoms with Crippen molar-refractivity contribution in [1.29, 1.82) is 0 Å². The van der Waals surface area contributed by atoms with E-state index < -0.39 is 0 Å². The summed E-state index contributed by atoms with van der Waals surface area (Å²) >= 11 is 0. The first-order chi connectivity index (χ1) is 10.5. The fourth-order valence-corrected chi connectivity index (χ4v) is 2.41. The molecule has 4 nitrogen and oxygen atoms in total. The SMILES string of the molecule is Cc1ccc(-c2[nH]ncc2CNCCCC(C)(C)CO)cc1. The van der Waals surface area contributed by atoms with Crippen molar-refractivity contribution in [3.63, 3.8) is 0 Å². The molecule has 0 aliphatic heterocycles. The Balaban J connectivity index is 1.85. The van der Waals surface area contributed by atoms with Gasteiger partial charge in [-0.25, -0.2) is 0 Å². The zero-order valence-corrected chi connectivity index (χ0v) is 13.8. The average Bonchev–Trinajstić information content (AvgIpc) is 2.96. The van der Waals surface area contributed by atoms with Gasteiger partial charge in [-0.2, -0.15) is 5.10 Å². The number of nitrogens with one attached hydrogen (secondary N) is 2. The number of aromatic amines is 1. The quantitative estimate of drug-likeness (QED) is 0.656. The number of benzene rings is 1. The van der Waals surface area contributed by atoms with Gasteiger partial charge in [-0.1, -0.05) is 43.7 Å². The highest BCUT2D eigenvalue weighted by molar-refractivity contribution is 5.62. The van der Waals surface area contributed by atoms with Crippen LogP contribution in [-0.2, 0) is 6.54 Å². The molecule has 0 amide bonds. The summed E-state index contributed by atoms with van der Waals surface area (Å²) in [6.07, 6.45) is 3.97. The molecule has 0 aliphatic carbocycles. The first-order valence-electron chi connectivity index (χ1n) is 7.93. The second kappa shape index (κ2) is 7.56. The topological polar surface area (TPSA) is 60.9 Å². The van der Waals surface area contributed by atoms with E-state index in [1.807, 2.05) is 6.20 Å². The fraction of sp³-hybridized carbons (Fsp3) is 0.500. The summed E-state index contributed by atoms with van der Waals surface area (Å²) in [5.74, 6) is 0. The highest BCUT2D eigenvalue weighted by Crippen LogP contribution is 2.22. The number of H-pyrrole nitrogens is 1. The third-order valence-corrected chi connectivity index (χ3v) is 4.01. The van der Waals surface area contributed by atoms with E-state index in [4.69, 9.17) is 0 Å². The molecule has 1 heterocycles. The Kier molecular flexibility index (Phi) is 5.75. The van der Waals surface area contributed by atoms with Crippen molar-refractivity contribution >= 4 is 0 Å². The Hall–Kier alpha value is -1.65. The van der Waals surface area contributed by atoms with Gasteiger partial charge in [0.1, 0.15) is 0 Å². The Morgan fingerprint density at radius 1 is 1.23 bits per heavy atom. The van der Waals surface area contributed by atoms with Crippen molar-refractivity contribution in [2.24, 2.45) is 5.41 Å². The van der Waals surface area contributed by atoms with E-state index in [1.54, 1.807) is 0 Å². The van der Waals surface area contributed by atoms with Crippen LogP contribution in [0.2, 0.25) is 0 Å². The summed E-state index contributed by atoms with van der Waals surface area (Å²) in [5, 5.41) is 20.0. The number of aryl methyl sites for hydroxylation is 1. The highest BCUT2D eigenvalue weighted by Gasteiger charge is 2.15. The molecule has 0 fully saturated rings. The lowest BCUT2D eigenvalue weighted by Gasteiger charge is -2.21. The molecule has 1 aromatic heterocycles. The predicted molar refractivity (Wildman–Crippen MR) is 90.6 cm³/mol. The monoisotopic (exact) mass is 301 g/mol. The third kappa shape index (κ3) is 4.68. The molecule has 22 heavy (non-hydrogen) atoms. The van der Waals surface area contributed by atoms with Crippen LogP contribution >= 0.6 is 0 Å². The fourth-order valence-electron chi connectivity index (χ4n) is 2.41. The molecule has 1 aromatic carbocycles. The standard InChI is InChI=1S/C18H27N3O/c1-14-5-7-15(8-6-14)17-16(12-20-21-17)11-19-10-4-9-18(2,3)13-22/h5-8,12,19,22H,4,9-11,13H2,1-3H3,(H,20,21). The zero-order valence-electron chi connectivity index (χ0n) is 13.8. The van der Waals surface area contributed by atoms with Gasteiger partial charge in [0.2, 0.25) is 0 Å². The molecule has 120 valence electrons. The number of aliphatic hydroxyl groups excluding tert-OH is 1. The van der Waals surface area contributed by atoms with Gasteiger partial charge < -0.3 is 10.4 Å². The van der Waals surface area contributed by atoms with Crippen LogP contribution in [0, 0.1) is 12.3 Å². The van der Waals surface area contributed by atoms with Crippen LogP contribution < -0.4 is 5.32 Å². The second-order valence-corrected chi connectivity index (χ2v) is 6.74. The van der Waals surface area contributed by atoms with Crippen LogP contribution in [0.15, 0.2) is 30.5 Å². The molecule has 0 saturated carbocycles. The molecule has 0 unspecified atom stereocenters. The van der Waals surface area contributed by atoms with Crippen molar-refractivity contribution in [1.82, 2.24) is 15.5 Å².